The molecule has 0 aromatic heterocycles. The van der Waals surface area contributed by atoms with Crippen LogP contribution in [0.25, 0.3) is 0 Å². The van der Waals surface area contributed by atoms with Crippen LogP contribution in [0, 0.1) is 35.0 Å². The Balaban J connectivity index is 1.62. The summed E-state index contributed by atoms with van der Waals surface area (Å²) in [7, 11) is 0. The molecule has 0 unspecified atom stereocenters. The van der Waals surface area contributed by atoms with Crippen molar-refractivity contribution < 1.29 is 5.11 Å². The lowest BCUT2D eigenvalue weighted by atomic mass is 9.52. The second-order valence-electron chi connectivity index (χ2n) is 8.99. The Kier molecular flexibility index (Phi) is 3.13. The maximum absolute atomic E-state index is 10.7. The fraction of sp³-hybridized carbons (Fsp3) is 0.900. The van der Waals surface area contributed by atoms with Gasteiger partial charge in [0, 0.05) is 0 Å². The molecule has 0 radical (unpaired) electrons. The summed E-state index contributed by atoms with van der Waals surface area (Å²) in [6, 6.07) is 0. The Morgan fingerprint density at radius 1 is 0.905 bits per heavy atom. The topological polar surface area (TPSA) is 20.2 Å². The molecule has 4 rings (SSSR count). The van der Waals surface area contributed by atoms with Crippen molar-refractivity contribution in [1.82, 2.24) is 0 Å². The molecule has 7 atom stereocenters. The summed E-state index contributed by atoms with van der Waals surface area (Å²) in [5.41, 5.74) is 1.91. The number of allylic oxidation sites excluding steroid dienone is 2. The van der Waals surface area contributed by atoms with Crippen molar-refractivity contribution in [1.29, 1.82) is 0 Å². The van der Waals surface area contributed by atoms with Crippen LogP contribution in [0.3, 0.4) is 0 Å². The van der Waals surface area contributed by atoms with E-state index >= 15 is 0 Å². The molecular formula is C20H32O. The molecule has 1 nitrogen and oxygen atoms in total. The third-order valence-corrected chi connectivity index (χ3v) is 8.35. The zero-order valence-electron chi connectivity index (χ0n) is 14.1. The predicted molar refractivity (Wildman–Crippen MR) is 86.9 cm³/mol. The van der Waals surface area contributed by atoms with E-state index < -0.39 is 0 Å². The van der Waals surface area contributed by atoms with Gasteiger partial charge in [0.1, 0.15) is 0 Å². The first-order valence-electron chi connectivity index (χ1n) is 9.35. The van der Waals surface area contributed by atoms with Gasteiger partial charge in [-0.15, -0.1) is 0 Å². The van der Waals surface area contributed by atoms with E-state index in [1.165, 1.54) is 44.9 Å². The summed E-state index contributed by atoms with van der Waals surface area (Å²) < 4.78 is 0. The van der Waals surface area contributed by atoms with Gasteiger partial charge in [0.2, 0.25) is 0 Å². The third-order valence-electron chi connectivity index (χ3n) is 8.35. The minimum absolute atomic E-state index is 0.361. The maximum atomic E-state index is 10.7. The van der Waals surface area contributed by atoms with E-state index in [-0.39, 0.29) is 5.60 Å². The molecule has 0 heterocycles. The van der Waals surface area contributed by atoms with Crippen LogP contribution in [0.5, 0.6) is 0 Å². The number of rotatable bonds is 0. The molecule has 0 saturated heterocycles. The highest BCUT2D eigenvalue weighted by molar-refractivity contribution is 5.23. The molecule has 4 saturated carbocycles. The van der Waals surface area contributed by atoms with Crippen molar-refractivity contribution in [2.24, 2.45) is 35.0 Å². The quantitative estimate of drug-likeness (QED) is 0.626. The van der Waals surface area contributed by atoms with Gasteiger partial charge >= 0.3 is 0 Å². The number of hydrogen-bond acceptors (Lipinski definition) is 1. The van der Waals surface area contributed by atoms with Crippen molar-refractivity contribution in [3.05, 3.63) is 11.6 Å². The molecule has 4 aliphatic carbocycles. The van der Waals surface area contributed by atoms with Crippen molar-refractivity contribution >= 4 is 0 Å². The molecule has 0 spiro atoms. The second kappa shape index (κ2) is 4.60. The summed E-state index contributed by atoms with van der Waals surface area (Å²) >= 11 is 0. The van der Waals surface area contributed by atoms with E-state index in [0.29, 0.717) is 11.3 Å². The molecule has 4 aliphatic rings. The third kappa shape index (κ3) is 1.85. The standard InChI is InChI=1S/C20H32O/c1-4-13-5-7-17-15-6-8-18-16(10-12-20(18,3)21)14(15)9-11-19(13,17)2/h4,14-18,21H,5-12H2,1-3H3/b13-4-/t14-,15+,16+,17-,18+,19+,20-/m0/s1. The van der Waals surface area contributed by atoms with E-state index in [1.807, 2.05) is 0 Å². The van der Waals surface area contributed by atoms with Crippen LogP contribution in [-0.2, 0) is 0 Å². The molecule has 0 aromatic rings. The van der Waals surface area contributed by atoms with Crippen LogP contribution in [-0.4, -0.2) is 10.7 Å². The summed E-state index contributed by atoms with van der Waals surface area (Å²) in [6.45, 7) is 6.92. The van der Waals surface area contributed by atoms with Crippen molar-refractivity contribution in [3.63, 3.8) is 0 Å². The SMILES string of the molecule is C/C=C1/CC[C@H]2[C@@H]3CC[C@@H]4[C@H](CC[C@]4(C)O)[C@H]3CC[C@]12C. The molecule has 21 heavy (non-hydrogen) atoms. The molecular weight excluding hydrogens is 256 g/mol. The number of aliphatic hydroxyl groups is 1. The highest BCUT2D eigenvalue weighted by Crippen LogP contribution is 2.65. The maximum Gasteiger partial charge on any atom is 0.0650 e. The van der Waals surface area contributed by atoms with Gasteiger partial charge in [-0.25, -0.2) is 0 Å². The summed E-state index contributed by atoms with van der Waals surface area (Å²) in [4.78, 5) is 0. The van der Waals surface area contributed by atoms with Crippen LogP contribution >= 0.6 is 0 Å². The van der Waals surface area contributed by atoms with E-state index in [9.17, 15) is 5.11 Å². The van der Waals surface area contributed by atoms with Crippen LogP contribution in [0.2, 0.25) is 0 Å². The molecule has 4 fully saturated rings. The molecule has 1 heteroatoms. The molecule has 0 amide bonds. The van der Waals surface area contributed by atoms with Crippen molar-refractivity contribution in [2.75, 3.05) is 0 Å². The van der Waals surface area contributed by atoms with Gasteiger partial charge < -0.3 is 5.11 Å². The Morgan fingerprint density at radius 3 is 2.38 bits per heavy atom. The lowest BCUT2D eigenvalue weighted by Gasteiger charge is -2.53. The normalized spacial score (nSPS) is 57.9. The molecule has 0 bridgehead atoms. The van der Waals surface area contributed by atoms with Crippen LogP contribution < -0.4 is 0 Å². The fourth-order valence-corrected chi connectivity index (χ4v) is 7.30. The summed E-state index contributed by atoms with van der Waals surface area (Å²) in [6.07, 6.45) is 13.1. The van der Waals surface area contributed by atoms with Gasteiger partial charge in [0.15, 0.2) is 0 Å². The molecule has 118 valence electrons. The van der Waals surface area contributed by atoms with E-state index in [2.05, 4.69) is 26.8 Å². The second-order valence-corrected chi connectivity index (χ2v) is 8.99. The minimum atomic E-state index is -0.361. The van der Waals surface area contributed by atoms with Crippen molar-refractivity contribution in [3.8, 4) is 0 Å². The lowest BCUT2D eigenvalue weighted by molar-refractivity contribution is -0.0649. The van der Waals surface area contributed by atoms with Crippen molar-refractivity contribution in [2.45, 2.75) is 77.7 Å². The smallest absolute Gasteiger partial charge is 0.0650 e. The largest absolute Gasteiger partial charge is 0.390 e. The fourth-order valence-electron chi connectivity index (χ4n) is 7.30. The van der Waals surface area contributed by atoms with Gasteiger partial charge in [-0.2, -0.15) is 0 Å². The molecule has 0 aliphatic heterocycles. The van der Waals surface area contributed by atoms with Crippen LogP contribution in [0.15, 0.2) is 11.6 Å². The first kappa shape index (κ1) is 14.3. The lowest BCUT2D eigenvalue weighted by Crippen LogP contribution is -2.47. The monoisotopic (exact) mass is 288 g/mol. The first-order chi connectivity index (χ1) is 9.97. The minimum Gasteiger partial charge on any atom is -0.390 e. The Hall–Kier alpha value is -0.300. The molecule has 0 aromatic carbocycles. The van der Waals surface area contributed by atoms with E-state index in [4.69, 9.17) is 0 Å². The molecule has 1 N–H and O–H groups in total. The predicted octanol–water partition coefficient (Wildman–Crippen LogP) is 4.95. The summed E-state index contributed by atoms with van der Waals surface area (Å²) in [5.74, 6) is 4.25. The van der Waals surface area contributed by atoms with Crippen LogP contribution in [0.4, 0.5) is 0 Å². The van der Waals surface area contributed by atoms with E-state index in [1.54, 1.807) is 5.57 Å². The number of hydrogen-bond donors (Lipinski definition) is 1. The highest BCUT2D eigenvalue weighted by atomic mass is 16.3. The Bertz CT molecular complexity index is 462. The zero-order chi connectivity index (χ0) is 14.8. The Morgan fingerprint density at radius 2 is 1.62 bits per heavy atom. The van der Waals surface area contributed by atoms with Gasteiger partial charge in [-0.05, 0) is 100 Å². The number of fused-ring (bicyclic) bond motifs is 5. The summed E-state index contributed by atoms with van der Waals surface area (Å²) in [5, 5.41) is 10.7. The first-order valence-corrected chi connectivity index (χ1v) is 9.35. The average molecular weight is 288 g/mol. The zero-order valence-corrected chi connectivity index (χ0v) is 14.1. The van der Waals surface area contributed by atoms with Gasteiger partial charge in [0.25, 0.3) is 0 Å². The van der Waals surface area contributed by atoms with Gasteiger partial charge in [-0.1, -0.05) is 18.6 Å². The van der Waals surface area contributed by atoms with Gasteiger partial charge in [0.05, 0.1) is 5.60 Å². The van der Waals surface area contributed by atoms with Crippen LogP contribution in [0.1, 0.15) is 72.1 Å². The average Bonchev–Trinajstić information content (AvgIpc) is 2.95. The van der Waals surface area contributed by atoms with E-state index in [0.717, 1.165) is 30.1 Å². The van der Waals surface area contributed by atoms with Gasteiger partial charge in [-0.3, -0.25) is 0 Å². The Labute approximate surface area is 130 Å². The highest BCUT2D eigenvalue weighted by Gasteiger charge is 2.58.